The van der Waals surface area contributed by atoms with Crippen molar-refractivity contribution in [1.82, 2.24) is 5.32 Å². The van der Waals surface area contributed by atoms with Crippen molar-refractivity contribution in [3.63, 3.8) is 0 Å². The summed E-state index contributed by atoms with van der Waals surface area (Å²) in [5, 5.41) is 2.83. The lowest BCUT2D eigenvalue weighted by Crippen LogP contribution is -2.23. The van der Waals surface area contributed by atoms with E-state index in [2.05, 4.69) is 10.0 Å². The second-order valence-corrected chi connectivity index (χ2v) is 10.1. The smallest absolute Gasteiger partial charge is 0.263 e. The lowest BCUT2D eigenvalue weighted by Gasteiger charge is -2.14. The molecule has 0 aliphatic heterocycles. The van der Waals surface area contributed by atoms with Crippen LogP contribution in [0.15, 0.2) is 65.6 Å². The van der Waals surface area contributed by atoms with Crippen LogP contribution in [0.2, 0.25) is 5.02 Å². The zero-order valence-electron chi connectivity index (χ0n) is 19.0. The van der Waals surface area contributed by atoms with E-state index in [-0.39, 0.29) is 28.1 Å². The molecule has 2 N–H and O–H groups in total. The second-order valence-electron chi connectivity index (χ2n) is 8.06. The molecule has 0 aromatic heterocycles. The van der Waals surface area contributed by atoms with Crippen LogP contribution >= 0.6 is 11.6 Å². The SMILES string of the molecule is Cc1ccc(C)c(NS(=O)(=O)c2cc(C(=O)NCc3ccc(OC(C)C)cc3)ccc2Cl)c1. The molecule has 3 rings (SSSR count). The average Bonchev–Trinajstić information content (AvgIpc) is 2.75. The number of ether oxygens (including phenoxy) is 1. The Morgan fingerprint density at radius 2 is 1.70 bits per heavy atom. The standard InChI is InChI=1S/C25H27ClN2O4S/c1-16(2)32-21-10-7-19(8-11-21)15-27-25(29)20-9-12-22(26)24(14-20)33(30,31)28-23-13-17(3)5-6-18(23)4/h5-14,16,28H,15H2,1-4H3,(H,27,29). The normalized spacial score (nSPS) is 11.3. The fourth-order valence-corrected chi connectivity index (χ4v) is 4.79. The largest absolute Gasteiger partial charge is 0.491 e. The molecule has 0 unspecified atom stereocenters. The molecule has 3 aromatic rings. The number of carbonyl (C=O) groups is 1. The molecule has 0 aliphatic rings. The zero-order chi connectivity index (χ0) is 24.2. The first-order chi connectivity index (χ1) is 15.5. The van der Waals surface area contributed by atoms with E-state index in [0.29, 0.717) is 5.69 Å². The van der Waals surface area contributed by atoms with Gasteiger partial charge in [0.25, 0.3) is 15.9 Å². The van der Waals surface area contributed by atoms with Crippen LogP contribution in [-0.2, 0) is 16.6 Å². The summed E-state index contributed by atoms with van der Waals surface area (Å²) in [7, 11) is -4.00. The number of nitrogens with one attached hydrogen (secondary N) is 2. The summed E-state index contributed by atoms with van der Waals surface area (Å²) in [5.74, 6) is 0.348. The van der Waals surface area contributed by atoms with E-state index in [9.17, 15) is 13.2 Å². The van der Waals surface area contributed by atoms with Gasteiger partial charge in [-0.2, -0.15) is 0 Å². The van der Waals surface area contributed by atoms with Gasteiger partial charge in [-0.25, -0.2) is 8.42 Å². The van der Waals surface area contributed by atoms with Gasteiger partial charge in [0.2, 0.25) is 0 Å². The van der Waals surface area contributed by atoms with E-state index >= 15 is 0 Å². The number of hydrogen-bond donors (Lipinski definition) is 2. The van der Waals surface area contributed by atoms with Crippen LogP contribution in [0.3, 0.4) is 0 Å². The van der Waals surface area contributed by atoms with Crippen LogP contribution < -0.4 is 14.8 Å². The molecular formula is C25H27ClN2O4S. The number of aryl methyl sites for hydroxylation is 2. The minimum Gasteiger partial charge on any atom is -0.491 e. The van der Waals surface area contributed by atoms with E-state index in [1.165, 1.54) is 18.2 Å². The topological polar surface area (TPSA) is 84.5 Å². The van der Waals surface area contributed by atoms with E-state index in [0.717, 1.165) is 22.4 Å². The van der Waals surface area contributed by atoms with Gasteiger partial charge < -0.3 is 10.1 Å². The van der Waals surface area contributed by atoms with Crippen LogP contribution in [0.25, 0.3) is 0 Å². The number of anilines is 1. The molecule has 3 aromatic carbocycles. The molecule has 33 heavy (non-hydrogen) atoms. The molecule has 8 heteroatoms. The summed E-state index contributed by atoms with van der Waals surface area (Å²) in [6.45, 7) is 7.87. The predicted molar refractivity (Wildman–Crippen MR) is 132 cm³/mol. The van der Waals surface area contributed by atoms with Gasteiger partial charge in [-0.3, -0.25) is 9.52 Å². The Morgan fingerprint density at radius 3 is 2.36 bits per heavy atom. The highest BCUT2D eigenvalue weighted by molar-refractivity contribution is 7.92. The number of rotatable bonds is 8. The Morgan fingerprint density at radius 1 is 1.00 bits per heavy atom. The van der Waals surface area contributed by atoms with Crippen molar-refractivity contribution in [3.8, 4) is 5.75 Å². The van der Waals surface area contributed by atoms with Crippen molar-refractivity contribution >= 4 is 33.2 Å². The van der Waals surface area contributed by atoms with E-state index < -0.39 is 15.9 Å². The molecule has 0 fully saturated rings. The number of hydrogen-bond acceptors (Lipinski definition) is 4. The van der Waals surface area contributed by atoms with Crippen LogP contribution in [-0.4, -0.2) is 20.4 Å². The van der Waals surface area contributed by atoms with Crippen molar-refractivity contribution in [1.29, 1.82) is 0 Å². The number of carbonyl (C=O) groups excluding carboxylic acids is 1. The third kappa shape index (κ3) is 6.49. The first kappa shape index (κ1) is 24.6. The van der Waals surface area contributed by atoms with E-state index in [1.54, 1.807) is 6.07 Å². The van der Waals surface area contributed by atoms with Crippen molar-refractivity contribution in [2.75, 3.05) is 4.72 Å². The number of benzene rings is 3. The van der Waals surface area contributed by atoms with Crippen molar-refractivity contribution in [2.45, 2.75) is 45.2 Å². The summed E-state index contributed by atoms with van der Waals surface area (Å²) in [6, 6.07) is 17.1. The molecule has 0 radical (unpaired) electrons. The van der Waals surface area contributed by atoms with Crippen LogP contribution in [0.1, 0.15) is 40.9 Å². The van der Waals surface area contributed by atoms with Crippen molar-refractivity contribution in [3.05, 3.63) is 87.9 Å². The maximum Gasteiger partial charge on any atom is 0.263 e. The van der Waals surface area contributed by atoms with Crippen LogP contribution in [0, 0.1) is 13.8 Å². The first-order valence-corrected chi connectivity index (χ1v) is 12.3. The lowest BCUT2D eigenvalue weighted by atomic mass is 10.1. The molecule has 0 heterocycles. The molecule has 1 amide bonds. The number of amides is 1. The van der Waals surface area contributed by atoms with Gasteiger partial charge >= 0.3 is 0 Å². The Hall–Kier alpha value is -3.03. The third-order valence-electron chi connectivity index (χ3n) is 4.87. The van der Waals surface area contributed by atoms with Crippen molar-refractivity contribution < 1.29 is 17.9 Å². The molecule has 0 saturated heterocycles. The average molecular weight is 487 g/mol. The minimum absolute atomic E-state index is 0.0325. The zero-order valence-corrected chi connectivity index (χ0v) is 20.5. The molecular weight excluding hydrogens is 460 g/mol. The Bertz CT molecular complexity index is 1260. The Balaban J connectivity index is 1.74. The molecule has 0 aliphatic carbocycles. The maximum absolute atomic E-state index is 13.0. The Labute approximate surface area is 200 Å². The quantitative estimate of drug-likeness (QED) is 0.442. The lowest BCUT2D eigenvalue weighted by molar-refractivity contribution is 0.0950. The van der Waals surface area contributed by atoms with Crippen molar-refractivity contribution in [2.24, 2.45) is 0 Å². The van der Waals surface area contributed by atoms with Gasteiger partial charge in [0.05, 0.1) is 16.8 Å². The van der Waals surface area contributed by atoms with E-state index in [1.807, 2.05) is 64.1 Å². The van der Waals surface area contributed by atoms with Gasteiger partial charge in [0.15, 0.2) is 0 Å². The highest BCUT2D eigenvalue weighted by Gasteiger charge is 2.21. The highest BCUT2D eigenvalue weighted by atomic mass is 35.5. The maximum atomic E-state index is 13.0. The molecule has 0 saturated carbocycles. The van der Waals surface area contributed by atoms with Gasteiger partial charge in [0.1, 0.15) is 10.6 Å². The summed E-state index contributed by atoms with van der Waals surface area (Å²) >= 11 is 6.18. The second kappa shape index (κ2) is 10.3. The summed E-state index contributed by atoms with van der Waals surface area (Å²) < 4.78 is 34.2. The first-order valence-electron chi connectivity index (χ1n) is 10.5. The molecule has 174 valence electrons. The molecule has 0 atom stereocenters. The minimum atomic E-state index is -4.00. The van der Waals surface area contributed by atoms with Crippen LogP contribution in [0.4, 0.5) is 5.69 Å². The predicted octanol–water partition coefficient (Wildman–Crippen LogP) is 5.47. The van der Waals surface area contributed by atoms with Gasteiger partial charge in [-0.1, -0.05) is 35.9 Å². The number of halogens is 1. The molecule has 0 bridgehead atoms. The highest BCUT2D eigenvalue weighted by Crippen LogP contribution is 2.27. The summed E-state index contributed by atoms with van der Waals surface area (Å²) in [6.07, 6.45) is 0.0789. The van der Waals surface area contributed by atoms with Gasteiger partial charge in [-0.05, 0) is 80.8 Å². The fourth-order valence-electron chi connectivity index (χ4n) is 3.14. The van der Waals surface area contributed by atoms with Gasteiger partial charge in [0, 0.05) is 12.1 Å². The Kier molecular flexibility index (Phi) is 7.66. The van der Waals surface area contributed by atoms with E-state index in [4.69, 9.17) is 16.3 Å². The number of sulfonamides is 1. The molecule has 0 spiro atoms. The third-order valence-corrected chi connectivity index (χ3v) is 6.72. The van der Waals surface area contributed by atoms with Gasteiger partial charge in [-0.15, -0.1) is 0 Å². The summed E-state index contributed by atoms with van der Waals surface area (Å²) in [4.78, 5) is 12.5. The van der Waals surface area contributed by atoms with Crippen LogP contribution in [0.5, 0.6) is 5.75 Å². The summed E-state index contributed by atoms with van der Waals surface area (Å²) in [5.41, 5.74) is 3.24. The fraction of sp³-hybridized carbons (Fsp3) is 0.240. The monoisotopic (exact) mass is 486 g/mol. The molecule has 6 nitrogen and oxygen atoms in total.